The molecule has 0 aliphatic rings. The monoisotopic (exact) mass is 290 g/mol. The molecule has 0 aliphatic carbocycles. The van der Waals surface area contributed by atoms with Crippen LogP contribution in [0.1, 0.15) is 18.7 Å². The van der Waals surface area contributed by atoms with E-state index in [1.807, 2.05) is 32.0 Å². The zero-order valence-electron chi connectivity index (χ0n) is 12.1. The molecule has 0 fully saturated rings. The molecule has 2 rings (SSSR count). The standard InChI is InChI=1S/C16H22N2OS/c1-13(2)19-16-8-4-3-7-15(16)18-10-9-17-12-14-6-5-11-20-14/h3-8,11,13,17-18H,9-10,12H2,1-2H3. The third-order valence-corrected chi connectivity index (χ3v) is 3.62. The van der Waals surface area contributed by atoms with E-state index in [-0.39, 0.29) is 6.10 Å². The number of ether oxygens (including phenoxy) is 1. The van der Waals surface area contributed by atoms with Gasteiger partial charge < -0.3 is 15.4 Å². The molecule has 0 aliphatic heterocycles. The molecule has 0 unspecified atom stereocenters. The molecule has 1 aromatic heterocycles. The minimum Gasteiger partial charge on any atom is -0.489 e. The van der Waals surface area contributed by atoms with E-state index in [4.69, 9.17) is 4.74 Å². The summed E-state index contributed by atoms with van der Waals surface area (Å²) in [5.74, 6) is 0.917. The summed E-state index contributed by atoms with van der Waals surface area (Å²) >= 11 is 1.78. The van der Waals surface area contributed by atoms with Crippen molar-refractivity contribution in [1.82, 2.24) is 5.32 Å². The maximum absolute atomic E-state index is 5.78. The molecule has 108 valence electrons. The van der Waals surface area contributed by atoms with Crippen LogP contribution in [0, 0.1) is 0 Å². The number of nitrogens with one attached hydrogen (secondary N) is 2. The zero-order chi connectivity index (χ0) is 14.2. The van der Waals surface area contributed by atoms with Gasteiger partial charge in [-0.3, -0.25) is 0 Å². The molecule has 20 heavy (non-hydrogen) atoms. The highest BCUT2D eigenvalue weighted by atomic mass is 32.1. The van der Waals surface area contributed by atoms with Crippen molar-refractivity contribution in [2.45, 2.75) is 26.5 Å². The summed E-state index contributed by atoms with van der Waals surface area (Å²) < 4.78 is 5.78. The van der Waals surface area contributed by atoms with Gasteiger partial charge in [0, 0.05) is 24.5 Å². The molecule has 0 amide bonds. The van der Waals surface area contributed by atoms with Gasteiger partial charge in [0.2, 0.25) is 0 Å². The van der Waals surface area contributed by atoms with Gasteiger partial charge in [-0.2, -0.15) is 0 Å². The molecule has 1 heterocycles. The molecule has 1 aromatic carbocycles. The Morgan fingerprint density at radius 3 is 2.70 bits per heavy atom. The van der Waals surface area contributed by atoms with Gasteiger partial charge in [0.05, 0.1) is 11.8 Å². The number of benzene rings is 1. The summed E-state index contributed by atoms with van der Waals surface area (Å²) in [5, 5.41) is 8.95. The number of anilines is 1. The van der Waals surface area contributed by atoms with Crippen LogP contribution in [-0.2, 0) is 6.54 Å². The lowest BCUT2D eigenvalue weighted by Gasteiger charge is -2.15. The lowest BCUT2D eigenvalue weighted by molar-refractivity contribution is 0.243. The molecule has 0 saturated heterocycles. The Labute approximate surface area is 125 Å². The highest BCUT2D eigenvalue weighted by Gasteiger charge is 2.03. The molecule has 2 N–H and O–H groups in total. The van der Waals surface area contributed by atoms with E-state index in [0.29, 0.717) is 0 Å². The van der Waals surface area contributed by atoms with Gasteiger partial charge in [-0.05, 0) is 37.4 Å². The average molecular weight is 290 g/mol. The maximum atomic E-state index is 5.78. The van der Waals surface area contributed by atoms with Gasteiger partial charge in [0.25, 0.3) is 0 Å². The summed E-state index contributed by atoms with van der Waals surface area (Å²) in [6.07, 6.45) is 0.190. The zero-order valence-corrected chi connectivity index (χ0v) is 12.9. The van der Waals surface area contributed by atoms with Crippen LogP contribution >= 0.6 is 11.3 Å². The molecule has 4 heteroatoms. The first-order valence-corrected chi connectivity index (χ1v) is 7.86. The van der Waals surface area contributed by atoms with Gasteiger partial charge in [-0.15, -0.1) is 11.3 Å². The Morgan fingerprint density at radius 2 is 1.95 bits per heavy atom. The molecule has 0 atom stereocenters. The van der Waals surface area contributed by atoms with Gasteiger partial charge in [0.15, 0.2) is 0 Å². The van der Waals surface area contributed by atoms with Crippen molar-refractivity contribution in [3.8, 4) is 5.75 Å². The summed E-state index contributed by atoms with van der Waals surface area (Å²) in [6, 6.07) is 12.3. The van der Waals surface area contributed by atoms with E-state index >= 15 is 0 Å². The minimum absolute atomic E-state index is 0.190. The maximum Gasteiger partial charge on any atom is 0.142 e. The van der Waals surface area contributed by atoms with Gasteiger partial charge in [-0.1, -0.05) is 18.2 Å². The van der Waals surface area contributed by atoms with E-state index in [9.17, 15) is 0 Å². The SMILES string of the molecule is CC(C)Oc1ccccc1NCCNCc1cccs1. The first-order chi connectivity index (χ1) is 9.75. The fraction of sp³-hybridized carbons (Fsp3) is 0.375. The van der Waals surface area contributed by atoms with Crippen LogP contribution in [0.4, 0.5) is 5.69 Å². The van der Waals surface area contributed by atoms with Crippen LogP contribution in [-0.4, -0.2) is 19.2 Å². The third-order valence-electron chi connectivity index (χ3n) is 2.75. The van der Waals surface area contributed by atoms with E-state index in [2.05, 4.69) is 34.2 Å². The Morgan fingerprint density at radius 1 is 1.10 bits per heavy atom. The number of para-hydroxylation sites is 2. The molecule has 0 saturated carbocycles. The fourth-order valence-electron chi connectivity index (χ4n) is 1.88. The third kappa shape index (κ3) is 4.87. The fourth-order valence-corrected chi connectivity index (χ4v) is 2.55. The molecule has 0 spiro atoms. The largest absolute Gasteiger partial charge is 0.489 e. The predicted molar refractivity (Wildman–Crippen MR) is 86.7 cm³/mol. The molecule has 0 radical (unpaired) electrons. The summed E-state index contributed by atoms with van der Waals surface area (Å²) in [7, 11) is 0. The van der Waals surface area contributed by atoms with Crippen LogP contribution in [0.15, 0.2) is 41.8 Å². The highest BCUT2D eigenvalue weighted by molar-refractivity contribution is 7.09. The second-order valence-electron chi connectivity index (χ2n) is 4.85. The van der Waals surface area contributed by atoms with Crippen LogP contribution in [0.2, 0.25) is 0 Å². The van der Waals surface area contributed by atoms with Crippen LogP contribution < -0.4 is 15.4 Å². The second kappa shape index (κ2) is 7.92. The molecule has 0 bridgehead atoms. The van der Waals surface area contributed by atoms with Crippen molar-refractivity contribution >= 4 is 17.0 Å². The molecule has 2 aromatic rings. The van der Waals surface area contributed by atoms with E-state index in [1.165, 1.54) is 4.88 Å². The van der Waals surface area contributed by atoms with Crippen molar-refractivity contribution in [2.24, 2.45) is 0 Å². The van der Waals surface area contributed by atoms with E-state index in [0.717, 1.165) is 31.1 Å². The summed E-state index contributed by atoms with van der Waals surface area (Å²) in [5.41, 5.74) is 1.05. The second-order valence-corrected chi connectivity index (χ2v) is 5.88. The van der Waals surface area contributed by atoms with Crippen molar-refractivity contribution < 1.29 is 4.74 Å². The van der Waals surface area contributed by atoms with E-state index in [1.54, 1.807) is 11.3 Å². The van der Waals surface area contributed by atoms with Crippen LogP contribution in [0.5, 0.6) is 5.75 Å². The Bertz CT molecular complexity index is 497. The van der Waals surface area contributed by atoms with Crippen molar-refractivity contribution in [3.63, 3.8) is 0 Å². The molecule has 3 nitrogen and oxygen atoms in total. The Kier molecular flexibility index (Phi) is 5.89. The van der Waals surface area contributed by atoms with Crippen molar-refractivity contribution in [3.05, 3.63) is 46.7 Å². The number of rotatable bonds is 8. The number of hydrogen-bond acceptors (Lipinski definition) is 4. The summed E-state index contributed by atoms with van der Waals surface area (Å²) in [4.78, 5) is 1.37. The topological polar surface area (TPSA) is 33.3 Å². The Balaban J connectivity index is 1.73. The van der Waals surface area contributed by atoms with E-state index < -0.39 is 0 Å². The smallest absolute Gasteiger partial charge is 0.142 e. The first-order valence-electron chi connectivity index (χ1n) is 6.98. The number of thiophene rings is 1. The van der Waals surface area contributed by atoms with Gasteiger partial charge in [-0.25, -0.2) is 0 Å². The van der Waals surface area contributed by atoms with Crippen LogP contribution in [0.25, 0.3) is 0 Å². The Hall–Kier alpha value is -1.52. The lowest BCUT2D eigenvalue weighted by atomic mass is 10.3. The normalized spacial score (nSPS) is 10.8. The minimum atomic E-state index is 0.190. The van der Waals surface area contributed by atoms with Crippen molar-refractivity contribution in [2.75, 3.05) is 18.4 Å². The average Bonchev–Trinajstić information content (AvgIpc) is 2.93. The molecular weight excluding hydrogens is 268 g/mol. The number of hydrogen-bond donors (Lipinski definition) is 2. The first kappa shape index (κ1) is 14.9. The van der Waals surface area contributed by atoms with Gasteiger partial charge in [0.1, 0.15) is 5.75 Å². The van der Waals surface area contributed by atoms with Crippen LogP contribution in [0.3, 0.4) is 0 Å². The van der Waals surface area contributed by atoms with Crippen molar-refractivity contribution in [1.29, 1.82) is 0 Å². The quantitative estimate of drug-likeness (QED) is 0.727. The lowest BCUT2D eigenvalue weighted by Crippen LogP contribution is -2.21. The predicted octanol–water partition coefficient (Wildman–Crippen LogP) is 3.74. The highest BCUT2D eigenvalue weighted by Crippen LogP contribution is 2.24. The summed E-state index contributed by atoms with van der Waals surface area (Å²) in [6.45, 7) is 6.82. The molecular formula is C16H22N2OS. The van der Waals surface area contributed by atoms with Gasteiger partial charge >= 0.3 is 0 Å².